The lowest BCUT2D eigenvalue weighted by molar-refractivity contribution is 0.286. The van der Waals surface area contributed by atoms with Crippen LogP contribution in [0.5, 0.6) is 11.5 Å². The molecule has 0 saturated carbocycles. The van der Waals surface area contributed by atoms with E-state index in [1.54, 1.807) is 7.11 Å². The standard InChI is InChI=1S/C16H26ClNO2/c1-4-6-7-9-20-16-14(17)10-13(11-15(16)19-3)12-18-8-5-2/h10-11,18H,4-9,12H2,1-3H3. The average Bonchev–Trinajstić information content (AvgIpc) is 2.45. The monoisotopic (exact) mass is 299 g/mol. The van der Waals surface area contributed by atoms with Crippen LogP contribution in [-0.2, 0) is 6.54 Å². The molecule has 0 aliphatic heterocycles. The second kappa shape index (κ2) is 9.89. The van der Waals surface area contributed by atoms with Gasteiger partial charge in [-0.2, -0.15) is 0 Å². The number of hydrogen-bond donors (Lipinski definition) is 1. The van der Waals surface area contributed by atoms with Gasteiger partial charge in [0.2, 0.25) is 0 Å². The largest absolute Gasteiger partial charge is 0.493 e. The Hall–Kier alpha value is -0.930. The van der Waals surface area contributed by atoms with Crippen molar-refractivity contribution in [3.63, 3.8) is 0 Å². The molecule has 0 aromatic heterocycles. The van der Waals surface area contributed by atoms with E-state index in [1.807, 2.05) is 12.1 Å². The predicted octanol–water partition coefficient (Wildman–Crippen LogP) is 4.42. The summed E-state index contributed by atoms with van der Waals surface area (Å²) in [4.78, 5) is 0. The molecular formula is C16H26ClNO2. The zero-order valence-electron chi connectivity index (χ0n) is 12.8. The lowest BCUT2D eigenvalue weighted by atomic mass is 10.2. The molecule has 114 valence electrons. The van der Waals surface area contributed by atoms with Crippen LogP contribution in [-0.4, -0.2) is 20.3 Å². The molecule has 0 bridgehead atoms. The Balaban J connectivity index is 2.69. The van der Waals surface area contributed by atoms with Crippen LogP contribution in [0.2, 0.25) is 5.02 Å². The molecule has 4 heteroatoms. The molecule has 0 heterocycles. The Labute approximate surface area is 127 Å². The minimum absolute atomic E-state index is 0.620. The zero-order valence-corrected chi connectivity index (χ0v) is 13.6. The molecule has 3 nitrogen and oxygen atoms in total. The maximum atomic E-state index is 6.31. The molecular weight excluding hydrogens is 274 g/mol. The number of nitrogens with one attached hydrogen (secondary N) is 1. The number of benzene rings is 1. The minimum atomic E-state index is 0.620. The number of halogens is 1. The van der Waals surface area contributed by atoms with E-state index in [1.165, 1.54) is 12.8 Å². The third kappa shape index (κ3) is 5.59. The predicted molar refractivity (Wildman–Crippen MR) is 85.0 cm³/mol. The van der Waals surface area contributed by atoms with Crippen molar-refractivity contribution in [2.45, 2.75) is 46.1 Å². The Morgan fingerprint density at radius 3 is 2.60 bits per heavy atom. The lowest BCUT2D eigenvalue weighted by Crippen LogP contribution is -2.14. The van der Waals surface area contributed by atoms with Crippen LogP contribution in [0, 0.1) is 0 Å². The van der Waals surface area contributed by atoms with Gasteiger partial charge in [0.15, 0.2) is 11.5 Å². The first kappa shape index (κ1) is 17.1. The molecule has 0 fully saturated rings. The van der Waals surface area contributed by atoms with Crippen LogP contribution < -0.4 is 14.8 Å². The van der Waals surface area contributed by atoms with Gasteiger partial charge in [0.1, 0.15) is 0 Å². The smallest absolute Gasteiger partial charge is 0.179 e. The number of hydrogen-bond acceptors (Lipinski definition) is 3. The van der Waals surface area contributed by atoms with Crippen molar-refractivity contribution >= 4 is 11.6 Å². The SMILES string of the molecule is CCCCCOc1c(Cl)cc(CNCCC)cc1OC. The highest BCUT2D eigenvalue weighted by Gasteiger charge is 2.11. The molecule has 0 aliphatic carbocycles. The highest BCUT2D eigenvalue weighted by molar-refractivity contribution is 6.32. The van der Waals surface area contributed by atoms with Crippen molar-refractivity contribution in [1.29, 1.82) is 0 Å². The maximum absolute atomic E-state index is 6.31. The van der Waals surface area contributed by atoms with Crippen molar-refractivity contribution in [1.82, 2.24) is 5.32 Å². The lowest BCUT2D eigenvalue weighted by Gasteiger charge is -2.14. The van der Waals surface area contributed by atoms with Gasteiger partial charge in [-0.25, -0.2) is 0 Å². The van der Waals surface area contributed by atoms with E-state index in [9.17, 15) is 0 Å². The molecule has 0 unspecified atom stereocenters. The second-order valence-corrected chi connectivity index (χ2v) is 5.25. The quantitative estimate of drug-likeness (QED) is 0.649. The van der Waals surface area contributed by atoms with Crippen molar-refractivity contribution in [2.75, 3.05) is 20.3 Å². The van der Waals surface area contributed by atoms with Crippen LogP contribution in [0.15, 0.2) is 12.1 Å². The molecule has 0 amide bonds. The Morgan fingerprint density at radius 2 is 1.95 bits per heavy atom. The Kier molecular flexibility index (Phi) is 8.47. The summed E-state index contributed by atoms with van der Waals surface area (Å²) in [7, 11) is 1.65. The minimum Gasteiger partial charge on any atom is -0.493 e. The first-order chi connectivity index (χ1) is 9.72. The molecule has 20 heavy (non-hydrogen) atoms. The molecule has 0 atom stereocenters. The van der Waals surface area contributed by atoms with E-state index in [0.29, 0.717) is 23.1 Å². The summed E-state index contributed by atoms with van der Waals surface area (Å²) in [5, 5.41) is 3.97. The van der Waals surface area contributed by atoms with E-state index < -0.39 is 0 Å². The Bertz CT molecular complexity index is 396. The summed E-state index contributed by atoms with van der Waals surface area (Å²) in [5.41, 5.74) is 1.11. The fraction of sp³-hybridized carbons (Fsp3) is 0.625. The fourth-order valence-electron chi connectivity index (χ4n) is 1.95. The van der Waals surface area contributed by atoms with Gasteiger partial charge in [0.25, 0.3) is 0 Å². The third-order valence-electron chi connectivity index (χ3n) is 3.04. The maximum Gasteiger partial charge on any atom is 0.179 e. The summed E-state index contributed by atoms with van der Waals surface area (Å²) in [5.74, 6) is 1.37. The molecule has 0 saturated heterocycles. The van der Waals surface area contributed by atoms with E-state index in [-0.39, 0.29) is 0 Å². The van der Waals surface area contributed by atoms with Crippen molar-refractivity contribution in [3.05, 3.63) is 22.7 Å². The van der Waals surface area contributed by atoms with Gasteiger partial charge < -0.3 is 14.8 Å². The van der Waals surface area contributed by atoms with Gasteiger partial charge in [0, 0.05) is 6.54 Å². The molecule has 0 spiro atoms. The summed E-state index contributed by atoms with van der Waals surface area (Å²) >= 11 is 6.31. The summed E-state index contributed by atoms with van der Waals surface area (Å²) < 4.78 is 11.2. The summed E-state index contributed by atoms with van der Waals surface area (Å²) in [6, 6.07) is 3.94. The zero-order chi connectivity index (χ0) is 14.8. The average molecular weight is 300 g/mol. The third-order valence-corrected chi connectivity index (χ3v) is 3.32. The summed E-state index contributed by atoms with van der Waals surface area (Å²) in [6.07, 6.45) is 4.49. The Morgan fingerprint density at radius 1 is 1.15 bits per heavy atom. The molecule has 1 aromatic carbocycles. The number of methoxy groups -OCH3 is 1. The highest BCUT2D eigenvalue weighted by Crippen LogP contribution is 2.36. The van der Waals surface area contributed by atoms with Gasteiger partial charge in [-0.15, -0.1) is 0 Å². The van der Waals surface area contributed by atoms with Gasteiger partial charge >= 0.3 is 0 Å². The van der Waals surface area contributed by atoms with Crippen LogP contribution in [0.1, 0.15) is 45.1 Å². The number of ether oxygens (including phenoxy) is 2. The summed E-state index contributed by atoms with van der Waals surface area (Å²) in [6.45, 7) is 6.78. The van der Waals surface area contributed by atoms with Crippen LogP contribution in [0.3, 0.4) is 0 Å². The van der Waals surface area contributed by atoms with E-state index in [2.05, 4.69) is 19.2 Å². The normalized spacial score (nSPS) is 10.6. The van der Waals surface area contributed by atoms with Crippen molar-refractivity contribution in [2.24, 2.45) is 0 Å². The molecule has 1 aromatic rings. The molecule has 0 radical (unpaired) electrons. The molecule has 0 aliphatic rings. The number of rotatable bonds is 10. The fourth-order valence-corrected chi connectivity index (χ4v) is 2.24. The van der Waals surface area contributed by atoms with Crippen LogP contribution >= 0.6 is 11.6 Å². The first-order valence-corrected chi connectivity index (χ1v) is 7.80. The van der Waals surface area contributed by atoms with Crippen LogP contribution in [0.4, 0.5) is 0 Å². The highest BCUT2D eigenvalue weighted by atomic mass is 35.5. The van der Waals surface area contributed by atoms with Gasteiger partial charge in [0.05, 0.1) is 18.7 Å². The van der Waals surface area contributed by atoms with Crippen LogP contribution in [0.25, 0.3) is 0 Å². The number of unbranched alkanes of at least 4 members (excludes halogenated alkanes) is 2. The van der Waals surface area contributed by atoms with Crippen molar-refractivity contribution < 1.29 is 9.47 Å². The van der Waals surface area contributed by atoms with E-state index in [0.717, 1.165) is 31.5 Å². The topological polar surface area (TPSA) is 30.5 Å². The van der Waals surface area contributed by atoms with Crippen molar-refractivity contribution in [3.8, 4) is 11.5 Å². The first-order valence-electron chi connectivity index (χ1n) is 7.42. The van der Waals surface area contributed by atoms with Gasteiger partial charge in [-0.1, -0.05) is 38.3 Å². The molecule has 1 rings (SSSR count). The van der Waals surface area contributed by atoms with Gasteiger partial charge in [-0.05, 0) is 37.1 Å². The van der Waals surface area contributed by atoms with E-state index >= 15 is 0 Å². The van der Waals surface area contributed by atoms with E-state index in [4.69, 9.17) is 21.1 Å². The molecule has 1 N–H and O–H groups in total. The second-order valence-electron chi connectivity index (χ2n) is 4.84. The van der Waals surface area contributed by atoms with Gasteiger partial charge in [-0.3, -0.25) is 0 Å².